The highest BCUT2D eigenvalue weighted by atomic mass is 79.9. The van der Waals surface area contributed by atoms with E-state index in [1.165, 1.54) is 7.11 Å². The first-order valence-electron chi connectivity index (χ1n) is 7.83. The molecule has 3 aromatic carbocycles. The van der Waals surface area contributed by atoms with Gasteiger partial charge in [-0.25, -0.2) is 0 Å². The SMILES string of the molecule is COc1cc2cccc(/N=C/c3c(Br)ccc(OC)c3O)c2cc1OC. The lowest BCUT2D eigenvalue weighted by molar-refractivity contribution is 0.356. The summed E-state index contributed by atoms with van der Waals surface area (Å²) in [6.07, 6.45) is 1.60. The van der Waals surface area contributed by atoms with Gasteiger partial charge in [0, 0.05) is 16.1 Å². The van der Waals surface area contributed by atoms with Gasteiger partial charge in [0.25, 0.3) is 0 Å². The number of fused-ring (bicyclic) bond motifs is 1. The molecule has 3 aromatic rings. The lowest BCUT2D eigenvalue weighted by Crippen LogP contribution is -1.91. The van der Waals surface area contributed by atoms with Crippen molar-refractivity contribution in [2.24, 2.45) is 4.99 Å². The standard InChI is InChI=1S/C20H18BrNO4/c1-24-17-8-7-15(21)14(20(17)23)11-22-16-6-4-5-12-9-18(25-2)19(26-3)10-13(12)16/h4-11,23H,1-3H3/b22-11+. The molecule has 0 aliphatic rings. The van der Waals surface area contributed by atoms with E-state index in [1.807, 2.05) is 30.3 Å². The van der Waals surface area contributed by atoms with Crippen molar-refractivity contribution in [3.8, 4) is 23.0 Å². The van der Waals surface area contributed by atoms with E-state index < -0.39 is 0 Å². The van der Waals surface area contributed by atoms with Gasteiger partial charge in [-0.2, -0.15) is 0 Å². The minimum atomic E-state index is 0.0325. The third kappa shape index (κ3) is 3.32. The first-order chi connectivity index (χ1) is 12.6. The van der Waals surface area contributed by atoms with E-state index in [0.29, 0.717) is 22.8 Å². The van der Waals surface area contributed by atoms with Gasteiger partial charge in [0.15, 0.2) is 23.0 Å². The van der Waals surface area contributed by atoms with Crippen LogP contribution in [-0.4, -0.2) is 32.7 Å². The summed E-state index contributed by atoms with van der Waals surface area (Å²) < 4.78 is 16.6. The molecule has 0 fully saturated rings. The predicted octanol–water partition coefficient (Wildman–Crippen LogP) is 5.08. The summed E-state index contributed by atoms with van der Waals surface area (Å²) in [6, 6.07) is 13.1. The Balaban J connectivity index is 2.11. The molecule has 0 heterocycles. The number of aliphatic imine (C=N–C) groups is 1. The fourth-order valence-corrected chi connectivity index (χ4v) is 3.11. The van der Waals surface area contributed by atoms with E-state index in [-0.39, 0.29) is 5.75 Å². The molecule has 0 atom stereocenters. The fourth-order valence-electron chi connectivity index (χ4n) is 2.68. The van der Waals surface area contributed by atoms with E-state index >= 15 is 0 Å². The highest BCUT2D eigenvalue weighted by Gasteiger charge is 2.11. The Morgan fingerprint density at radius 1 is 0.923 bits per heavy atom. The first kappa shape index (κ1) is 18.1. The van der Waals surface area contributed by atoms with Crippen LogP contribution < -0.4 is 14.2 Å². The number of halogens is 1. The lowest BCUT2D eigenvalue weighted by atomic mass is 10.1. The van der Waals surface area contributed by atoms with Crippen molar-refractivity contribution in [2.45, 2.75) is 0 Å². The van der Waals surface area contributed by atoms with Crippen molar-refractivity contribution in [1.82, 2.24) is 0 Å². The largest absolute Gasteiger partial charge is 0.504 e. The summed E-state index contributed by atoms with van der Waals surface area (Å²) in [5.41, 5.74) is 1.29. The second-order valence-electron chi connectivity index (χ2n) is 5.48. The molecule has 5 nitrogen and oxygen atoms in total. The second kappa shape index (κ2) is 7.66. The number of aromatic hydroxyl groups is 1. The average Bonchev–Trinajstić information content (AvgIpc) is 2.66. The number of benzene rings is 3. The van der Waals surface area contributed by atoms with Gasteiger partial charge in [-0.1, -0.05) is 12.1 Å². The molecule has 0 bridgehead atoms. The summed E-state index contributed by atoms with van der Waals surface area (Å²) in [5.74, 6) is 1.71. The molecule has 0 amide bonds. The molecule has 0 aromatic heterocycles. The Morgan fingerprint density at radius 2 is 1.62 bits per heavy atom. The molecular formula is C20H18BrNO4. The van der Waals surface area contributed by atoms with Crippen molar-refractivity contribution in [1.29, 1.82) is 0 Å². The van der Waals surface area contributed by atoms with Crippen LogP contribution in [0.1, 0.15) is 5.56 Å². The van der Waals surface area contributed by atoms with Gasteiger partial charge >= 0.3 is 0 Å². The first-order valence-corrected chi connectivity index (χ1v) is 8.62. The summed E-state index contributed by atoms with van der Waals surface area (Å²) >= 11 is 3.43. The van der Waals surface area contributed by atoms with Crippen molar-refractivity contribution >= 4 is 38.6 Å². The molecule has 0 unspecified atom stereocenters. The molecule has 0 aliphatic heterocycles. The van der Waals surface area contributed by atoms with Crippen LogP contribution in [0.3, 0.4) is 0 Å². The molecule has 3 rings (SSSR count). The van der Waals surface area contributed by atoms with E-state index in [2.05, 4.69) is 20.9 Å². The zero-order valence-electron chi connectivity index (χ0n) is 14.6. The minimum Gasteiger partial charge on any atom is -0.504 e. The Labute approximate surface area is 160 Å². The quantitative estimate of drug-likeness (QED) is 0.589. The molecule has 26 heavy (non-hydrogen) atoms. The molecule has 0 aliphatic carbocycles. The lowest BCUT2D eigenvalue weighted by Gasteiger charge is -2.11. The second-order valence-corrected chi connectivity index (χ2v) is 6.33. The number of methoxy groups -OCH3 is 3. The molecule has 0 radical (unpaired) electrons. The summed E-state index contributed by atoms with van der Waals surface area (Å²) in [5, 5.41) is 12.2. The Hall–Kier alpha value is -2.73. The van der Waals surface area contributed by atoms with Gasteiger partial charge in [0.2, 0.25) is 0 Å². The molecule has 0 saturated heterocycles. The zero-order valence-corrected chi connectivity index (χ0v) is 16.2. The van der Waals surface area contributed by atoms with Crippen LogP contribution in [-0.2, 0) is 0 Å². The fraction of sp³-hybridized carbons (Fsp3) is 0.150. The van der Waals surface area contributed by atoms with Crippen LogP contribution in [0.25, 0.3) is 10.8 Å². The van der Waals surface area contributed by atoms with E-state index in [4.69, 9.17) is 14.2 Å². The Morgan fingerprint density at radius 3 is 2.31 bits per heavy atom. The Bertz CT molecular complexity index is 985. The van der Waals surface area contributed by atoms with Crippen molar-refractivity contribution in [2.75, 3.05) is 21.3 Å². The van der Waals surface area contributed by atoms with Crippen LogP contribution in [0.5, 0.6) is 23.0 Å². The van der Waals surface area contributed by atoms with Gasteiger partial charge in [-0.05, 0) is 51.6 Å². The van der Waals surface area contributed by atoms with E-state index in [0.717, 1.165) is 20.9 Å². The monoisotopic (exact) mass is 415 g/mol. The molecule has 0 saturated carbocycles. The third-order valence-corrected chi connectivity index (χ3v) is 4.73. The van der Waals surface area contributed by atoms with Gasteiger partial charge in [-0.15, -0.1) is 0 Å². The van der Waals surface area contributed by atoms with Gasteiger partial charge in [-0.3, -0.25) is 4.99 Å². The number of phenols is 1. The highest BCUT2D eigenvalue weighted by Crippen LogP contribution is 2.37. The number of rotatable bonds is 5. The van der Waals surface area contributed by atoms with E-state index in [1.54, 1.807) is 32.6 Å². The molecule has 0 spiro atoms. The molecule has 1 N–H and O–H groups in total. The molecule has 134 valence electrons. The van der Waals surface area contributed by atoms with Crippen molar-refractivity contribution < 1.29 is 19.3 Å². The summed E-state index contributed by atoms with van der Waals surface area (Å²) in [4.78, 5) is 4.57. The Kier molecular flexibility index (Phi) is 5.32. The summed E-state index contributed by atoms with van der Waals surface area (Å²) in [7, 11) is 4.71. The highest BCUT2D eigenvalue weighted by molar-refractivity contribution is 9.10. The maximum atomic E-state index is 10.3. The predicted molar refractivity (Wildman–Crippen MR) is 107 cm³/mol. The third-order valence-electron chi connectivity index (χ3n) is 4.04. The van der Waals surface area contributed by atoms with Gasteiger partial charge in [0.05, 0.1) is 32.6 Å². The number of ether oxygens (including phenoxy) is 3. The minimum absolute atomic E-state index is 0.0325. The van der Waals surface area contributed by atoms with Crippen LogP contribution in [0.15, 0.2) is 51.9 Å². The maximum Gasteiger partial charge on any atom is 0.167 e. The van der Waals surface area contributed by atoms with Crippen molar-refractivity contribution in [3.05, 3.63) is 52.5 Å². The molecular weight excluding hydrogens is 398 g/mol. The maximum absolute atomic E-state index is 10.3. The number of hydrogen-bond acceptors (Lipinski definition) is 5. The van der Waals surface area contributed by atoms with E-state index in [9.17, 15) is 5.11 Å². The topological polar surface area (TPSA) is 60.3 Å². The van der Waals surface area contributed by atoms with Gasteiger partial charge in [0.1, 0.15) is 0 Å². The smallest absolute Gasteiger partial charge is 0.167 e. The molecule has 6 heteroatoms. The normalized spacial score (nSPS) is 11.1. The van der Waals surface area contributed by atoms with Crippen LogP contribution in [0.4, 0.5) is 5.69 Å². The van der Waals surface area contributed by atoms with Gasteiger partial charge < -0.3 is 19.3 Å². The van der Waals surface area contributed by atoms with Crippen LogP contribution in [0, 0.1) is 0 Å². The van der Waals surface area contributed by atoms with Crippen LogP contribution >= 0.6 is 15.9 Å². The van der Waals surface area contributed by atoms with Crippen LogP contribution in [0.2, 0.25) is 0 Å². The summed E-state index contributed by atoms with van der Waals surface area (Å²) in [6.45, 7) is 0. The van der Waals surface area contributed by atoms with Crippen molar-refractivity contribution in [3.63, 3.8) is 0 Å². The zero-order chi connectivity index (χ0) is 18.7. The average molecular weight is 416 g/mol. The number of phenolic OH excluding ortho intramolecular Hbond substituents is 1. The number of hydrogen-bond donors (Lipinski definition) is 1. The number of nitrogens with zero attached hydrogens (tertiary/aromatic N) is 1.